The molecule has 0 amide bonds. The van der Waals surface area contributed by atoms with Gasteiger partial charge in [0.05, 0.1) is 19.8 Å². The van der Waals surface area contributed by atoms with E-state index in [0.717, 1.165) is 19.3 Å². The number of hydrogen-bond donors (Lipinski definition) is 2. The molecule has 0 unspecified atom stereocenters. The molecule has 2 rings (SSSR count). The van der Waals surface area contributed by atoms with Crippen molar-refractivity contribution in [1.29, 1.82) is 0 Å². The fraction of sp³-hybridized carbons (Fsp3) is 1.00. The second-order valence-corrected chi connectivity index (χ2v) is 4.70. The normalized spacial score (nSPS) is 31.3. The van der Waals surface area contributed by atoms with Crippen LogP contribution in [-0.2, 0) is 4.74 Å². The molecule has 0 radical (unpaired) electrons. The standard InChI is InChI=1S/C11H22N2O/c1-2-4-11(12-5-3-1)10-13-6-8-14-9-7-13/h11-12H,1-10H2/p+2/t11-/m1/s1. The van der Waals surface area contributed by atoms with Crippen LogP contribution in [0.1, 0.15) is 25.7 Å². The third-order valence-corrected chi connectivity index (χ3v) is 3.53. The van der Waals surface area contributed by atoms with Crippen LogP contribution in [0.2, 0.25) is 0 Å². The minimum Gasteiger partial charge on any atom is -0.370 e. The number of morpholine rings is 1. The van der Waals surface area contributed by atoms with Gasteiger partial charge in [-0.1, -0.05) is 0 Å². The van der Waals surface area contributed by atoms with Gasteiger partial charge in [-0.2, -0.15) is 0 Å². The van der Waals surface area contributed by atoms with Crippen molar-refractivity contribution in [2.24, 2.45) is 0 Å². The lowest BCUT2D eigenvalue weighted by molar-refractivity contribution is -0.926. The van der Waals surface area contributed by atoms with Gasteiger partial charge >= 0.3 is 0 Å². The van der Waals surface area contributed by atoms with Gasteiger partial charge in [-0.05, 0) is 19.3 Å². The average molecular weight is 200 g/mol. The van der Waals surface area contributed by atoms with Gasteiger partial charge in [0.15, 0.2) is 0 Å². The van der Waals surface area contributed by atoms with E-state index < -0.39 is 0 Å². The third kappa shape index (κ3) is 3.23. The number of nitrogens with two attached hydrogens (primary N) is 1. The van der Waals surface area contributed by atoms with Crippen molar-refractivity contribution in [2.75, 3.05) is 39.4 Å². The molecule has 0 saturated carbocycles. The topological polar surface area (TPSA) is 30.3 Å². The summed E-state index contributed by atoms with van der Waals surface area (Å²) in [4.78, 5) is 1.76. The second-order valence-electron chi connectivity index (χ2n) is 4.70. The summed E-state index contributed by atoms with van der Waals surface area (Å²) >= 11 is 0. The van der Waals surface area contributed by atoms with E-state index in [1.54, 1.807) is 4.90 Å². The summed E-state index contributed by atoms with van der Waals surface area (Å²) in [6.45, 7) is 7.12. The molecule has 0 aromatic carbocycles. The Balaban J connectivity index is 1.71. The maximum absolute atomic E-state index is 5.38. The van der Waals surface area contributed by atoms with Crippen LogP contribution in [0.3, 0.4) is 0 Å². The monoisotopic (exact) mass is 200 g/mol. The van der Waals surface area contributed by atoms with Gasteiger partial charge in [-0.3, -0.25) is 0 Å². The van der Waals surface area contributed by atoms with Gasteiger partial charge in [-0.15, -0.1) is 0 Å². The number of ether oxygens (including phenoxy) is 1. The second kappa shape index (κ2) is 5.69. The molecule has 3 heteroatoms. The lowest BCUT2D eigenvalue weighted by Crippen LogP contribution is -3.17. The predicted octanol–water partition coefficient (Wildman–Crippen LogP) is -1.59. The molecule has 2 saturated heterocycles. The van der Waals surface area contributed by atoms with Crippen LogP contribution >= 0.6 is 0 Å². The highest BCUT2D eigenvalue weighted by Crippen LogP contribution is 2.02. The number of nitrogens with one attached hydrogen (secondary N) is 1. The first kappa shape index (κ1) is 10.4. The summed E-state index contributed by atoms with van der Waals surface area (Å²) in [5.41, 5.74) is 0. The summed E-state index contributed by atoms with van der Waals surface area (Å²) < 4.78 is 5.38. The van der Waals surface area contributed by atoms with Gasteiger partial charge in [0.25, 0.3) is 0 Å². The van der Waals surface area contributed by atoms with Crippen LogP contribution in [0, 0.1) is 0 Å². The van der Waals surface area contributed by atoms with Crippen LogP contribution in [0.15, 0.2) is 0 Å². The van der Waals surface area contributed by atoms with Crippen molar-refractivity contribution >= 4 is 0 Å². The first-order chi connectivity index (χ1) is 6.95. The van der Waals surface area contributed by atoms with Crippen molar-refractivity contribution in [3.05, 3.63) is 0 Å². The van der Waals surface area contributed by atoms with E-state index in [2.05, 4.69) is 5.32 Å². The fourth-order valence-corrected chi connectivity index (χ4v) is 2.62. The molecule has 1 atom stereocenters. The Morgan fingerprint density at radius 1 is 1.14 bits per heavy atom. The first-order valence-electron chi connectivity index (χ1n) is 6.20. The zero-order valence-electron chi connectivity index (χ0n) is 9.13. The van der Waals surface area contributed by atoms with Crippen LogP contribution in [0.4, 0.5) is 0 Å². The smallest absolute Gasteiger partial charge is 0.135 e. The van der Waals surface area contributed by atoms with Gasteiger partial charge in [-0.25, -0.2) is 0 Å². The van der Waals surface area contributed by atoms with Crippen LogP contribution < -0.4 is 10.2 Å². The lowest BCUT2D eigenvalue weighted by Gasteiger charge is -2.26. The zero-order valence-corrected chi connectivity index (χ0v) is 9.13. The molecule has 0 aromatic heterocycles. The van der Waals surface area contributed by atoms with E-state index in [0.29, 0.717) is 0 Å². The van der Waals surface area contributed by atoms with Crippen molar-refractivity contribution < 1.29 is 15.0 Å². The Kier molecular flexibility index (Phi) is 4.22. The molecule has 82 valence electrons. The molecule has 2 fully saturated rings. The molecule has 14 heavy (non-hydrogen) atoms. The minimum atomic E-state index is 0.894. The largest absolute Gasteiger partial charge is 0.370 e. The van der Waals surface area contributed by atoms with Gasteiger partial charge < -0.3 is 15.0 Å². The Morgan fingerprint density at radius 2 is 2.00 bits per heavy atom. The lowest BCUT2D eigenvalue weighted by atomic mass is 10.1. The number of rotatable bonds is 2. The first-order valence-corrected chi connectivity index (χ1v) is 6.20. The highest BCUT2D eigenvalue weighted by Gasteiger charge is 2.22. The molecule has 0 bridgehead atoms. The summed E-state index contributed by atoms with van der Waals surface area (Å²) in [5, 5.41) is 2.58. The van der Waals surface area contributed by atoms with E-state index in [-0.39, 0.29) is 0 Å². The van der Waals surface area contributed by atoms with Crippen molar-refractivity contribution in [3.8, 4) is 0 Å². The Hall–Kier alpha value is -0.120. The molecular formula is C11H24N2O+2. The minimum absolute atomic E-state index is 0.894. The van der Waals surface area contributed by atoms with Gasteiger partial charge in [0.2, 0.25) is 0 Å². The summed E-state index contributed by atoms with van der Waals surface area (Å²) in [6.07, 6.45) is 5.76. The highest BCUT2D eigenvalue weighted by molar-refractivity contribution is 4.57. The fourth-order valence-electron chi connectivity index (χ4n) is 2.62. The molecular weight excluding hydrogens is 176 g/mol. The maximum atomic E-state index is 5.38. The van der Waals surface area contributed by atoms with E-state index >= 15 is 0 Å². The third-order valence-electron chi connectivity index (χ3n) is 3.53. The van der Waals surface area contributed by atoms with E-state index in [9.17, 15) is 0 Å². The molecule has 0 aliphatic carbocycles. The maximum Gasteiger partial charge on any atom is 0.135 e. The SMILES string of the molecule is C1CC[NH2+][C@@H](C[NH+]2CCOCC2)CC1. The quantitative estimate of drug-likeness (QED) is 0.553. The molecule has 3 N–H and O–H groups in total. The van der Waals surface area contributed by atoms with Gasteiger partial charge in [0, 0.05) is 6.42 Å². The van der Waals surface area contributed by atoms with E-state index in [1.807, 2.05) is 0 Å². The molecule has 2 aliphatic heterocycles. The molecule has 2 heterocycles. The van der Waals surface area contributed by atoms with Crippen LogP contribution in [0.25, 0.3) is 0 Å². The Labute approximate surface area is 86.8 Å². The van der Waals surface area contributed by atoms with Crippen LogP contribution in [-0.4, -0.2) is 45.4 Å². The Morgan fingerprint density at radius 3 is 2.86 bits per heavy atom. The molecule has 3 nitrogen and oxygen atoms in total. The molecule has 0 spiro atoms. The average Bonchev–Trinajstić information content (AvgIpc) is 2.48. The summed E-state index contributed by atoms with van der Waals surface area (Å²) in [7, 11) is 0. The number of hydrogen-bond acceptors (Lipinski definition) is 1. The predicted molar refractivity (Wildman–Crippen MR) is 55.4 cm³/mol. The molecule has 2 aliphatic rings. The van der Waals surface area contributed by atoms with E-state index in [4.69, 9.17) is 4.74 Å². The van der Waals surface area contributed by atoms with Crippen molar-refractivity contribution in [1.82, 2.24) is 0 Å². The number of quaternary nitrogens is 2. The van der Waals surface area contributed by atoms with Crippen LogP contribution in [0.5, 0.6) is 0 Å². The van der Waals surface area contributed by atoms with Crippen molar-refractivity contribution in [2.45, 2.75) is 31.7 Å². The summed E-state index contributed by atoms with van der Waals surface area (Å²) in [6, 6.07) is 0.894. The Bertz CT molecular complexity index is 149. The molecule has 0 aromatic rings. The zero-order chi connectivity index (χ0) is 9.64. The van der Waals surface area contributed by atoms with Gasteiger partial charge in [0.1, 0.15) is 25.7 Å². The van der Waals surface area contributed by atoms with E-state index in [1.165, 1.54) is 51.9 Å². The highest BCUT2D eigenvalue weighted by atomic mass is 16.5. The van der Waals surface area contributed by atoms with Crippen molar-refractivity contribution in [3.63, 3.8) is 0 Å². The summed E-state index contributed by atoms with van der Waals surface area (Å²) in [5.74, 6) is 0.